The maximum absolute atomic E-state index is 9.44. The zero-order chi connectivity index (χ0) is 55.8. The Balaban J connectivity index is 1.27. The monoisotopic (exact) mass is 1010 g/mol. The Morgan fingerprint density at radius 2 is 0.654 bits per heavy atom. The highest BCUT2D eigenvalue weighted by Gasteiger charge is 2.47. The largest absolute Gasteiger partial charge is 0.310 e. The minimum Gasteiger partial charge on any atom is -0.310 e. The molecule has 376 valence electrons. The second kappa shape index (κ2) is 19.3. The van der Waals surface area contributed by atoms with E-state index in [4.69, 9.17) is 0 Å². The quantitative estimate of drug-likeness (QED) is 0.140. The van der Waals surface area contributed by atoms with Crippen LogP contribution in [0.4, 0.5) is 34.1 Å². The molecule has 0 spiro atoms. The first kappa shape index (κ1) is 45.3. The Hall–Kier alpha value is -8.92. The maximum Gasteiger partial charge on any atom is 0.252 e. The maximum atomic E-state index is 9.44. The third-order valence-corrected chi connectivity index (χ3v) is 16.0. The predicted octanol–water partition coefficient (Wildman–Crippen LogP) is 18.7. The van der Waals surface area contributed by atoms with Crippen molar-refractivity contribution in [3.63, 3.8) is 0 Å². The lowest BCUT2D eigenvalue weighted by Gasteiger charge is -2.47. The molecule has 0 saturated carbocycles. The van der Waals surface area contributed by atoms with Crippen LogP contribution in [0.2, 0.25) is 0 Å². The van der Waals surface area contributed by atoms with Crippen molar-refractivity contribution in [2.75, 3.05) is 9.80 Å². The van der Waals surface area contributed by atoms with Gasteiger partial charge in [0.25, 0.3) is 6.71 Å². The van der Waals surface area contributed by atoms with E-state index in [-0.39, 0.29) is 17.5 Å². The van der Waals surface area contributed by atoms with E-state index in [2.05, 4.69) is 282 Å². The van der Waals surface area contributed by atoms with Crippen LogP contribution in [0.15, 0.2) is 255 Å². The summed E-state index contributed by atoms with van der Waals surface area (Å²) in [5, 5.41) is 0. The molecule has 0 aromatic heterocycles. The van der Waals surface area contributed by atoms with Crippen molar-refractivity contribution in [2.45, 2.75) is 59.2 Å². The van der Waals surface area contributed by atoms with Crippen LogP contribution >= 0.6 is 0 Å². The lowest BCUT2D eigenvalue weighted by molar-refractivity contribution is 0.590. The topological polar surface area (TPSA) is 6.48 Å². The van der Waals surface area contributed by atoms with Gasteiger partial charge in [-0.1, -0.05) is 272 Å². The lowest BCUT2D eigenvalue weighted by Crippen LogP contribution is -2.61. The molecule has 0 unspecified atom stereocenters. The Bertz CT molecular complexity index is 3770. The number of para-hydroxylation sites is 2. The molecule has 2 aliphatic heterocycles. The van der Waals surface area contributed by atoms with E-state index in [0.29, 0.717) is 11.1 Å². The molecule has 78 heavy (non-hydrogen) atoms. The number of nitrogens with zero attached hydrogens (tertiary/aromatic N) is 2. The molecule has 2 nitrogen and oxygen atoms in total. The number of rotatable bonds is 8. The van der Waals surface area contributed by atoms with Crippen LogP contribution in [0.25, 0.3) is 66.8 Å². The van der Waals surface area contributed by atoms with Gasteiger partial charge >= 0.3 is 0 Å². The van der Waals surface area contributed by atoms with Gasteiger partial charge in [-0.3, -0.25) is 0 Å². The molecule has 11 aromatic rings. The number of hydrogen-bond acceptors (Lipinski definition) is 2. The molecule has 2 heterocycles. The van der Waals surface area contributed by atoms with E-state index in [1.54, 1.807) is 0 Å². The van der Waals surface area contributed by atoms with Gasteiger partial charge in [0.2, 0.25) is 0 Å². The van der Waals surface area contributed by atoms with Crippen molar-refractivity contribution in [1.29, 1.82) is 0 Å². The number of anilines is 6. The zero-order valence-electron chi connectivity index (χ0n) is 48.2. The molecule has 0 fully saturated rings. The third kappa shape index (κ3) is 8.37. The van der Waals surface area contributed by atoms with Crippen molar-refractivity contribution in [3.05, 3.63) is 271 Å². The minimum absolute atomic E-state index is 0.281. The number of aryl methyl sites for hydroxylation is 1. The average molecular weight is 1010 g/mol. The summed E-state index contributed by atoms with van der Waals surface area (Å²) in [6.45, 7) is 11.1. The Morgan fingerprint density at radius 1 is 0.321 bits per heavy atom. The molecule has 0 atom stereocenters. The summed E-state index contributed by atoms with van der Waals surface area (Å²) in [4.78, 5) is 5.08. The van der Waals surface area contributed by atoms with Crippen molar-refractivity contribution in [2.24, 2.45) is 0 Å². The Morgan fingerprint density at radius 3 is 1.00 bits per heavy atom. The van der Waals surface area contributed by atoms with Gasteiger partial charge in [-0.25, -0.2) is 0 Å². The highest BCUT2D eigenvalue weighted by atomic mass is 15.2. The van der Waals surface area contributed by atoms with E-state index >= 15 is 0 Å². The highest BCUT2D eigenvalue weighted by molar-refractivity contribution is 7.00. The summed E-state index contributed by atoms with van der Waals surface area (Å²) < 4.78 is 28.3. The van der Waals surface area contributed by atoms with Gasteiger partial charge in [0.1, 0.15) is 0 Å². The smallest absolute Gasteiger partial charge is 0.252 e. The summed E-state index contributed by atoms with van der Waals surface area (Å²) in [6, 6.07) is 91.6. The molecule has 3 heteroatoms. The molecule has 0 radical (unpaired) electrons. The van der Waals surface area contributed by atoms with Crippen LogP contribution in [0.5, 0.6) is 0 Å². The van der Waals surface area contributed by atoms with Crippen molar-refractivity contribution < 1.29 is 4.11 Å². The van der Waals surface area contributed by atoms with Gasteiger partial charge in [0, 0.05) is 49.1 Å². The fourth-order valence-corrected chi connectivity index (χ4v) is 12.3. The fraction of sp³-hybridized carbons (Fsp3) is 0.120. The second-order valence-electron chi connectivity index (χ2n) is 23.0. The molecule has 0 aliphatic carbocycles. The van der Waals surface area contributed by atoms with Crippen molar-refractivity contribution >= 4 is 57.2 Å². The van der Waals surface area contributed by atoms with Gasteiger partial charge in [0.05, 0.1) is 11.4 Å². The van der Waals surface area contributed by atoms with Gasteiger partial charge in [-0.2, -0.15) is 0 Å². The van der Waals surface area contributed by atoms with E-state index in [1.807, 2.05) is 24.3 Å². The molecule has 0 N–H and O–H groups in total. The molecule has 0 saturated heterocycles. The summed E-state index contributed by atoms with van der Waals surface area (Å²) >= 11 is 0. The predicted molar refractivity (Wildman–Crippen MR) is 335 cm³/mol. The number of benzene rings is 11. The van der Waals surface area contributed by atoms with Crippen molar-refractivity contribution in [3.8, 4) is 66.8 Å². The van der Waals surface area contributed by atoms with Crippen LogP contribution in [-0.2, 0) is 10.8 Å². The van der Waals surface area contributed by atoms with Gasteiger partial charge in [0.15, 0.2) is 0 Å². The molecule has 13 rings (SSSR count). The summed E-state index contributed by atoms with van der Waals surface area (Å²) in [5.41, 5.74) is 24.0. The normalized spacial score (nSPS) is 13.5. The molecule has 0 bridgehead atoms. The molecular weight excluding hydrogens is 940 g/mol. The summed E-state index contributed by atoms with van der Waals surface area (Å²) in [7, 11) is 0. The molecule has 2 aliphatic rings. The van der Waals surface area contributed by atoms with Crippen LogP contribution in [0.1, 0.15) is 62.3 Å². The molecule has 0 amide bonds. The van der Waals surface area contributed by atoms with Crippen LogP contribution in [0.3, 0.4) is 0 Å². The minimum atomic E-state index is -2.47. The van der Waals surface area contributed by atoms with Gasteiger partial charge < -0.3 is 9.80 Å². The summed E-state index contributed by atoms with van der Waals surface area (Å²) in [5.74, 6) is 0. The van der Waals surface area contributed by atoms with Gasteiger partial charge in [-0.15, -0.1) is 0 Å². The highest BCUT2D eigenvalue weighted by Crippen LogP contribution is 2.54. The first-order valence-electron chi connectivity index (χ1n) is 28.9. The SMILES string of the molecule is [2H]C([2H])([2H])c1cc2c(cc1-c1ccccc1)B1c3cc(-c4ccccc4)c(C(C)(C)C)cc3N(c3c(-c4ccccc4)cccc3-c3ccccc3)c3cc(C(C)(C)C)cc(c31)N2c1c(-c2ccccc2)cccc1-c1ccccc1. The first-order valence-corrected chi connectivity index (χ1v) is 27.4. The molecule has 11 aromatic carbocycles. The Kier molecular flexibility index (Phi) is 11.2. The van der Waals surface area contributed by atoms with E-state index < -0.39 is 6.85 Å². The number of fused-ring (bicyclic) bond motifs is 4. The average Bonchev–Trinajstić information content (AvgIpc) is 1.66. The molecular formula is C75H63BN2. The zero-order valence-corrected chi connectivity index (χ0v) is 45.2. The van der Waals surface area contributed by atoms with E-state index in [9.17, 15) is 4.11 Å². The first-order chi connectivity index (χ1) is 39.1. The fourth-order valence-electron chi connectivity index (χ4n) is 12.3. The lowest BCUT2D eigenvalue weighted by atomic mass is 9.33. The number of hydrogen-bond donors (Lipinski definition) is 0. The Labute approximate surface area is 466 Å². The standard InChI is InChI=1S/C75H63BN2/c1-50-44-67-65(47-62(50)55-36-22-12-23-37-55)76-66-48-63(56-38-24-13-25-39-56)64(75(5,6)7)49-68(66)78(73-60(53-32-18-10-19-33-53)42-27-43-61(73)54-34-20-11-21-35-54)70-46-57(74(2,3)4)45-69(71(70)76)77(67)72-58(51-28-14-8-15-29-51)40-26-41-59(72)52-30-16-9-17-31-52/h8-49H,1-7H3/i1D3. The van der Waals surface area contributed by atoms with Crippen LogP contribution < -0.4 is 26.2 Å². The summed E-state index contributed by atoms with van der Waals surface area (Å²) in [6.07, 6.45) is 0. The van der Waals surface area contributed by atoms with Crippen LogP contribution in [0, 0.1) is 6.85 Å². The van der Waals surface area contributed by atoms with E-state index in [1.165, 1.54) is 11.1 Å². The third-order valence-electron chi connectivity index (χ3n) is 16.0. The van der Waals surface area contributed by atoms with E-state index in [0.717, 1.165) is 112 Å². The van der Waals surface area contributed by atoms with Crippen molar-refractivity contribution in [1.82, 2.24) is 0 Å². The second-order valence-corrected chi connectivity index (χ2v) is 23.0. The van der Waals surface area contributed by atoms with Crippen LogP contribution in [-0.4, -0.2) is 6.71 Å². The van der Waals surface area contributed by atoms with Gasteiger partial charge in [-0.05, 0) is 120 Å².